The first-order chi connectivity index (χ1) is 4.70. The first-order valence-corrected chi connectivity index (χ1v) is 2.61. The third-order valence-corrected chi connectivity index (χ3v) is 1.01. The van der Waals surface area contributed by atoms with Gasteiger partial charge < -0.3 is 10.2 Å². The quantitative estimate of drug-likeness (QED) is 0.514. The Hall–Kier alpha value is -1.52. The topological polar surface area (TPSA) is 73.1 Å². The van der Waals surface area contributed by atoms with Crippen LogP contribution in [-0.4, -0.2) is 34.1 Å². The SMILES string of the molecule is O=C(O)N1C=NC=C(O)C1. The Morgan fingerprint density at radius 1 is 1.80 bits per heavy atom. The summed E-state index contributed by atoms with van der Waals surface area (Å²) < 4.78 is 0. The zero-order valence-electron chi connectivity index (χ0n) is 5.06. The third-order valence-electron chi connectivity index (χ3n) is 1.01. The molecule has 0 aromatic heterocycles. The fourth-order valence-corrected chi connectivity index (χ4v) is 0.573. The molecule has 1 aliphatic heterocycles. The summed E-state index contributed by atoms with van der Waals surface area (Å²) in [6, 6.07) is 0. The Kier molecular flexibility index (Phi) is 1.57. The van der Waals surface area contributed by atoms with Gasteiger partial charge in [-0.15, -0.1) is 0 Å². The van der Waals surface area contributed by atoms with Gasteiger partial charge in [0.2, 0.25) is 0 Å². The lowest BCUT2D eigenvalue weighted by atomic mass is 10.4. The number of aliphatic hydroxyl groups excluding tert-OH is 1. The summed E-state index contributed by atoms with van der Waals surface area (Å²) in [6.45, 7) is -0.0150. The minimum Gasteiger partial charge on any atom is -0.509 e. The fraction of sp³-hybridized carbons (Fsp3) is 0.200. The Bertz CT molecular complexity index is 209. The van der Waals surface area contributed by atoms with E-state index in [1.165, 1.54) is 6.20 Å². The maximum Gasteiger partial charge on any atom is 0.412 e. The zero-order chi connectivity index (χ0) is 7.56. The van der Waals surface area contributed by atoms with E-state index in [4.69, 9.17) is 10.2 Å². The number of rotatable bonds is 0. The van der Waals surface area contributed by atoms with Crippen LogP contribution in [0.5, 0.6) is 0 Å². The molecule has 0 aromatic rings. The van der Waals surface area contributed by atoms with Crippen LogP contribution in [0.25, 0.3) is 0 Å². The van der Waals surface area contributed by atoms with E-state index in [0.717, 1.165) is 11.2 Å². The van der Waals surface area contributed by atoms with Crippen LogP contribution in [-0.2, 0) is 0 Å². The van der Waals surface area contributed by atoms with E-state index in [0.29, 0.717) is 0 Å². The van der Waals surface area contributed by atoms with E-state index in [1.807, 2.05) is 0 Å². The van der Waals surface area contributed by atoms with Crippen LogP contribution in [0.15, 0.2) is 17.0 Å². The Morgan fingerprint density at radius 3 is 2.90 bits per heavy atom. The second-order valence-corrected chi connectivity index (χ2v) is 1.80. The van der Waals surface area contributed by atoms with Crippen LogP contribution >= 0.6 is 0 Å². The number of hydrogen-bond donors (Lipinski definition) is 2. The number of hydrogen-bond acceptors (Lipinski definition) is 3. The van der Waals surface area contributed by atoms with Crippen molar-refractivity contribution in [3.8, 4) is 0 Å². The van der Waals surface area contributed by atoms with Crippen molar-refractivity contribution >= 4 is 12.4 Å². The molecule has 2 N–H and O–H groups in total. The second kappa shape index (κ2) is 2.38. The lowest BCUT2D eigenvalue weighted by molar-refractivity contribution is 0.168. The van der Waals surface area contributed by atoms with Gasteiger partial charge >= 0.3 is 6.09 Å². The number of amides is 1. The number of carbonyl (C=O) groups is 1. The Morgan fingerprint density at radius 2 is 2.50 bits per heavy atom. The van der Waals surface area contributed by atoms with Gasteiger partial charge in [-0.25, -0.2) is 9.79 Å². The van der Waals surface area contributed by atoms with Gasteiger partial charge in [-0.05, 0) is 0 Å². The average Bonchev–Trinajstić information content (AvgIpc) is 1.88. The maximum atomic E-state index is 10.2. The van der Waals surface area contributed by atoms with E-state index in [9.17, 15) is 4.79 Å². The molecule has 0 atom stereocenters. The molecule has 0 saturated carbocycles. The molecule has 0 spiro atoms. The third kappa shape index (κ3) is 1.25. The van der Waals surface area contributed by atoms with Crippen LogP contribution in [0.2, 0.25) is 0 Å². The molecule has 54 valence electrons. The summed E-state index contributed by atoms with van der Waals surface area (Å²) in [7, 11) is 0. The molecular formula is C5H6N2O3. The maximum absolute atomic E-state index is 10.2. The van der Waals surface area contributed by atoms with Crippen LogP contribution in [0.3, 0.4) is 0 Å². The number of carboxylic acid groups (broad SMARTS) is 1. The van der Waals surface area contributed by atoms with Crippen LogP contribution < -0.4 is 0 Å². The first kappa shape index (κ1) is 6.60. The van der Waals surface area contributed by atoms with E-state index >= 15 is 0 Å². The highest BCUT2D eigenvalue weighted by atomic mass is 16.4. The van der Waals surface area contributed by atoms with Gasteiger partial charge in [0.05, 0.1) is 12.7 Å². The molecule has 5 heteroatoms. The van der Waals surface area contributed by atoms with Crippen molar-refractivity contribution in [3.63, 3.8) is 0 Å². The molecule has 0 radical (unpaired) electrons. The molecule has 0 unspecified atom stereocenters. The number of nitrogens with zero attached hydrogens (tertiary/aromatic N) is 2. The van der Waals surface area contributed by atoms with Crippen molar-refractivity contribution in [1.29, 1.82) is 0 Å². The summed E-state index contributed by atoms with van der Waals surface area (Å²) in [5, 5.41) is 17.1. The summed E-state index contributed by atoms with van der Waals surface area (Å²) in [5.74, 6) is -0.0510. The lowest BCUT2D eigenvalue weighted by Crippen LogP contribution is -2.31. The highest BCUT2D eigenvalue weighted by molar-refractivity contribution is 5.82. The van der Waals surface area contributed by atoms with E-state index in [1.54, 1.807) is 0 Å². The average molecular weight is 142 g/mol. The smallest absolute Gasteiger partial charge is 0.412 e. The predicted molar refractivity (Wildman–Crippen MR) is 33.9 cm³/mol. The molecule has 1 amide bonds. The monoisotopic (exact) mass is 142 g/mol. The molecule has 0 fully saturated rings. The Labute approximate surface area is 56.9 Å². The second-order valence-electron chi connectivity index (χ2n) is 1.80. The van der Waals surface area contributed by atoms with Crippen molar-refractivity contribution < 1.29 is 15.0 Å². The zero-order valence-corrected chi connectivity index (χ0v) is 5.06. The minimum absolute atomic E-state index is 0.0150. The van der Waals surface area contributed by atoms with Gasteiger partial charge in [0.15, 0.2) is 0 Å². The van der Waals surface area contributed by atoms with Crippen LogP contribution in [0.1, 0.15) is 0 Å². The van der Waals surface area contributed by atoms with Crippen molar-refractivity contribution in [3.05, 3.63) is 12.0 Å². The fourth-order valence-electron chi connectivity index (χ4n) is 0.573. The van der Waals surface area contributed by atoms with Crippen LogP contribution in [0.4, 0.5) is 4.79 Å². The van der Waals surface area contributed by atoms with Gasteiger partial charge in [0, 0.05) is 0 Å². The minimum atomic E-state index is -1.12. The molecule has 1 rings (SSSR count). The lowest BCUT2D eigenvalue weighted by Gasteiger charge is -2.14. The molecule has 5 nitrogen and oxygen atoms in total. The molecular weight excluding hydrogens is 136 g/mol. The van der Waals surface area contributed by atoms with E-state index in [2.05, 4.69) is 4.99 Å². The van der Waals surface area contributed by atoms with Crippen molar-refractivity contribution in [2.75, 3.05) is 6.54 Å². The summed E-state index contributed by atoms with van der Waals surface area (Å²) in [4.78, 5) is 14.5. The number of aliphatic hydroxyl groups is 1. The van der Waals surface area contributed by atoms with Gasteiger partial charge in [-0.3, -0.25) is 4.90 Å². The highest BCUT2D eigenvalue weighted by Gasteiger charge is 2.12. The van der Waals surface area contributed by atoms with Gasteiger partial charge in [-0.2, -0.15) is 0 Å². The summed E-state index contributed by atoms with van der Waals surface area (Å²) in [6.07, 6.45) is 1.23. The standard InChI is InChI=1S/C5H6N2O3/c8-4-1-6-3-7(2-4)5(9)10/h1,3,8H,2H2,(H,9,10). The predicted octanol–water partition coefficient (Wildman–Crippen LogP) is 0.408. The van der Waals surface area contributed by atoms with Crippen molar-refractivity contribution in [2.24, 2.45) is 4.99 Å². The van der Waals surface area contributed by atoms with E-state index in [-0.39, 0.29) is 12.3 Å². The van der Waals surface area contributed by atoms with Crippen molar-refractivity contribution in [2.45, 2.75) is 0 Å². The number of aliphatic imine (C=N–C) groups is 1. The molecule has 10 heavy (non-hydrogen) atoms. The molecule has 1 heterocycles. The van der Waals surface area contributed by atoms with Gasteiger partial charge in [-0.1, -0.05) is 0 Å². The Balaban J connectivity index is 2.64. The molecule has 0 saturated heterocycles. The molecule has 1 aliphatic rings. The largest absolute Gasteiger partial charge is 0.509 e. The summed E-state index contributed by atoms with van der Waals surface area (Å²) in [5.41, 5.74) is 0. The van der Waals surface area contributed by atoms with Crippen molar-refractivity contribution in [1.82, 2.24) is 4.90 Å². The molecule has 0 bridgehead atoms. The summed E-state index contributed by atoms with van der Waals surface area (Å²) >= 11 is 0. The molecule has 0 aromatic carbocycles. The first-order valence-electron chi connectivity index (χ1n) is 2.61. The van der Waals surface area contributed by atoms with Gasteiger partial charge in [0.25, 0.3) is 0 Å². The normalized spacial score (nSPS) is 16.8. The van der Waals surface area contributed by atoms with E-state index < -0.39 is 6.09 Å². The molecule has 0 aliphatic carbocycles. The highest BCUT2D eigenvalue weighted by Crippen LogP contribution is 1.99. The van der Waals surface area contributed by atoms with Gasteiger partial charge in [0.1, 0.15) is 12.1 Å². The van der Waals surface area contributed by atoms with Crippen LogP contribution in [0, 0.1) is 0 Å².